The summed E-state index contributed by atoms with van der Waals surface area (Å²) in [6.07, 6.45) is 7.12. The summed E-state index contributed by atoms with van der Waals surface area (Å²) in [5.41, 5.74) is 2.40. The Labute approximate surface area is 180 Å². The van der Waals surface area contributed by atoms with E-state index in [0.717, 1.165) is 70.0 Å². The van der Waals surface area contributed by atoms with E-state index < -0.39 is 0 Å². The zero-order chi connectivity index (χ0) is 21.1. The molecule has 0 bridgehead atoms. The number of hydrogen-bond acceptors (Lipinski definition) is 4. The van der Waals surface area contributed by atoms with Crippen molar-refractivity contribution in [1.29, 1.82) is 0 Å². The van der Waals surface area contributed by atoms with Crippen LogP contribution in [-0.2, 0) is 24.3 Å². The SMILES string of the molecule is CCn1ccnc1CN1CCCN(C(C)C(=O)N2c3ccccc3CCC2C)CC1. The highest BCUT2D eigenvalue weighted by atomic mass is 16.2. The summed E-state index contributed by atoms with van der Waals surface area (Å²) in [7, 11) is 0. The maximum absolute atomic E-state index is 13.6. The van der Waals surface area contributed by atoms with Gasteiger partial charge in [-0.05, 0) is 58.2 Å². The molecule has 30 heavy (non-hydrogen) atoms. The summed E-state index contributed by atoms with van der Waals surface area (Å²) in [4.78, 5) is 25.0. The van der Waals surface area contributed by atoms with Gasteiger partial charge in [0.05, 0.1) is 12.6 Å². The van der Waals surface area contributed by atoms with Crippen LogP contribution >= 0.6 is 0 Å². The molecule has 0 saturated carbocycles. The van der Waals surface area contributed by atoms with Crippen molar-refractivity contribution in [3.63, 3.8) is 0 Å². The molecule has 0 radical (unpaired) electrons. The van der Waals surface area contributed by atoms with E-state index >= 15 is 0 Å². The normalized spacial score (nSPS) is 21.8. The quantitative estimate of drug-likeness (QED) is 0.761. The summed E-state index contributed by atoms with van der Waals surface area (Å²) in [5.74, 6) is 1.37. The number of fused-ring (bicyclic) bond motifs is 1. The molecule has 0 aliphatic carbocycles. The molecule has 1 fully saturated rings. The molecular formula is C24H35N5O. The molecule has 2 aromatic rings. The highest BCUT2D eigenvalue weighted by Gasteiger charge is 2.33. The van der Waals surface area contributed by atoms with Crippen LogP contribution in [0.1, 0.15) is 45.0 Å². The van der Waals surface area contributed by atoms with Gasteiger partial charge in [0, 0.05) is 50.3 Å². The molecule has 2 aliphatic heterocycles. The Morgan fingerprint density at radius 2 is 2.03 bits per heavy atom. The number of benzene rings is 1. The van der Waals surface area contributed by atoms with Gasteiger partial charge in [-0.15, -0.1) is 0 Å². The third kappa shape index (κ3) is 4.30. The Bertz CT molecular complexity index is 863. The second-order valence-electron chi connectivity index (χ2n) is 8.70. The molecule has 2 unspecified atom stereocenters. The molecular weight excluding hydrogens is 374 g/mol. The van der Waals surface area contributed by atoms with Gasteiger partial charge in [-0.1, -0.05) is 18.2 Å². The maximum atomic E-state index is 13.6. The monoisotopic (exact) mass is 409 g/mol. The number of nitrogens with zero attached hydrogens (tertiary/aromatic N) is 5. The number of carbonyl (C=O) groups is 1. The van der Waals surface area contributed by atoms with Crippen LogP contribution in [0.5, 0.6) is 0 Å². The smallest absolute Gasteiger partial charge is 0.244 e. The van der Waals surface area contributed by atoms with E-state index in [1.54, 1.807) is 0 Å². The fourth-order valence-electron chi connectivity index (χ4n) is 4.90. The van der Waals surface area contributed by atoms with Crippen LogP contribution < -0.4 is 4.90 Å². The van der Waals surface area contributed by atoms with E-state index in [2.05, 4.69) is 69.4 Å². The number of amides is 1. The van der Waals surface area contributed by atoms with Gasteiger partial charge in [0.1, 0.15) is 5.82 Å². The summed E-state index contributed by atoms with van der Waals surface area (Å²) >= 11 is 0. The molecule has 2 aliphatic rings. The molecule has 1 aromatic carbocycles. The van der Waals surface area contributed by atoms with Gasteiger partial charge in [0.25, 0.3) is 0 Å². The number of aryl methyl sites for hydroxylation is 2. The second-order valence-corrected chi connectivity index (χ2v) is 8.70. The van der Waals surface area contributed by atoms with Gasteiger partial charge in [0.2, 0.25) is 5.91 Å². The third-order valence-electron chi connectivity index (χ3n) is 6.80. The number of aromatic nitrogens is 2. The van der Waals surface area contributed by atoms with E-state index in [0.29, 0.717) is 0 Å². The first-order valence-corrected chi connectivity index (χ1v) is 11.5. The minimum absolute atomic E-state index is 0.101. The van der Waals surface area contributed by atoms with Gasteiger partial charge in [-0.3, -0.25) is 14.6 Å². The first-order valence-electron chi connectivity index (χ1n) is 11.5. The van der Waals surface area contributed by atoms with Crippen LogP contribution in [0.2, 0.25) is 0 Å². The van der Waals surface area contributed by atoms with Gasteiger partial charge in [-0.2, -0.15) is 0 Å². The molecule has 0 spiro atoms. The first-order chi connectivity index (χ1) is 14.6. The average molecular weight is 410 g/mol. The Hall–Kier alpha value is -2.18. The van der Waals surface area contributed by atoms with Crippen LogP contribution in [0, 0.1) is 0 Å². The number of anilines is 1. The zero-order valence-electron chi connectivity index (χ0n) is 18.6. The van der Waals surface area contributed by atoms with Crippen molar-refractivity contribution in [2.24, 2.45) is 0 Å². The van der Waals surface area contributed by atoms with E-state index in [1.807, 2.05) is 12.3 Å². The van der Waals surface area contributed by atoms with Crippen molar-refractivity contribution >= 4 is 11.6 Å². The molecule has 162 valence electrons. The van der Waals surface area contributed by atoms with E-state index in [4.69, 9.17) is 0 Å². The fraction of sp³-hybridized carbons (Fsp3) is 0.583. The van der Waals surface area contributed by atoms with Gasteiger partial charge < -0.3 is 9.47 Å². The predicted octanol–water partition coefficient (Wildman–Crippen LogP) is 3.17. The zero-order valence-corrected chi connectivity index (χ0v) is 18.6. The Morgan fingerprint density at radius 1 is 1.20 bits per heavy atom. The lowest BCUT2D eigenvalue weighted by Crippen LogP contribution is -2.52. The molecule has 4 rings (SSSR count). The Morgan fingerprint density at radius 3 is 2.87 bits per heavy atom. The number of imidazole rings is 1. The van der Waals surface area contributed by atoms with Gasteiger partial charge in [-0.25, -0.2) is 4.98 Å². The second kappa shape index (κ2) is 9.31. The van der Waals surface area contributed by atoms with Crippen molar-refractivity contribution in [3.05, 3.63) is 48.0 Å². The number of hydrogen-bond donors (Lipinski definition) is 0. The summed E-state index contributed by atoms with van der Waals surface area (Å²) in [5, 5.41) is 0. The van der Waals surface area contributed by atoms with Crippen molar-refractivity contribution in [2.45, 2.75) is 65.2 Å². The molecule has 3 heterocycles. The first kappa shape index (κ1) is 21.1. The van der Waals surface area contributed by atoms with Crippen molar-refractivity contribution in [2.75, 3.05) is 31.1 Å². The van der Waals surface area contributed by atoms with E-state index in [9.17, 15) is 4.79 Å². The highest BCUT2D eigenvalue weighted by Crippen LogP contribution is 2.31. The van der Waals surface area contributed by atoms with Crippen LogP contribution in [-0.4, -0.2) is 63.5 Å². The van der Waals surface area contributed by atoms with Crippen molar-refractivity contribution < 1.29 is 4.79 Å². The van der Waals surface area contributed by atoms with Crippen molar-refractivity contribution in [3.8, 4) is 0 Å². The molecule has 1 aromatic heterocycles. The summed E-state index contributed by atoms with van der Waals surface area (Å²) in [6.45, 7) is 12.2. The molecule has 1 saturated heterocycles. The largest absolute Gasteiger partial charge is 0.334 e. The van der Waals surface area contributed by atoms with Crippen LogP contribution in [0.15, 0.2) is 36.7 Å². The minimum Gasteiger partial charge on any atom is -0.334 e. The minimum atomic E-state index is -0.101. The lowest BCUT2D eigenvalue weighted by molar-refractivity contribution is -0.123. The van der Waals surface area contributed by atoms with E-state index in [-0.39, 0.29) is 18.0 Å². The highest BCUT2D eigenvalue weighted by molar-refractivity contribution is 5.98. The number of rotatable bonds is 5. The molecule has 2 atom stereocenters. The number of para-hydroxylation sites is 1. The molecule has 6 nitrogen and oxygen atoms in total. The molecule has 6 heteroatoms. The van der Waals surface area contributed by atoms with Crippen LogP contribution in [0.25, 0.3) is 0 Å². The topological polar surface area (TPSA) is 44.6 Å². The maximum Gasteiger partial charge on any atom is 0.244 e. The Balaban J connectivity index is 1.41. The lowest BCUT2D eigenvalue weighted by Gasteiger charge is -2.39. The fourth-order valence-corrected chi connectivity index (χ4v) is 4.90. The average Bonchev–Trinajstić information content (AvgIpc) is 3.08. The summed E-state index contributed by atoms with van der Waals surface area (Å²) < 4.78 is 2.21. The van der Waals surface area contributed by atoms with Crippen molar-refractivity contribution in [1.82, 2.24) is 19.4 Å². The molecule has 0 N–H and O–H groups in total. The van der Waals surface area contributed by atoms with E-state index in [1.165, 1.54) is 5.56 Å². The predicted molar refractivity (Wildman–Crippen MR) is 121 cm³/mol. The lowest BCUT2D eigenvalue weighted by atomic mass is 9.96. The summed E-state index contributed by atoms with van der Waals surface area (Å²) in [6, 6.07) is 8.55. The Kier molecular flexibility index (Phi) is 6.54. The number of carbonyl (C=O) groups excluding carboxylic acids is 1. The van der Waals surface area contributed by atoms with Crippen LogP contribution in [0.3, 0.4) is 0 Å². The third-order valence-corrected chi connectivity index (χ3v) is 6.80. The van der Waals surface area contributed by atoms with Crippen LogP contribution in [0.4, 0.5) is 5.69 Å². The standard InChI is InChI=1S/C24H35N5O/c1-4-27-15-12-25-23(27)18-26-13-7-14-28(17-16-26)20(3)24(30)29-19(2)10-11-21-8-5-6-9-22(21)29/h5-6,8-9,12,15,19-20H,4,7,10-11,13-14,16-18H2,1-3H3. The molecule has 1 amide bonds. The van der Waals surface area contributed by atoms with Gasteiger partial charge >= 0.3 is 0 Å². The van der Waals surface area contributed by atoms with Gasteiger partial charge in [0.15, 0.2) is 0 Å².